The lowest BCUT2D eigenvalue weighted by Gasteiger charge is -2.09. The maximum absolute atomic E-state index is 12.2. The molecule has 0 aliphatic rings. The Labute approximate surface area is 168 Å². The second-order valence-electron chi connectivity index (χ2n) is 5.68. The lowest BCUT2D eigenvalue weighted by molar-refractivity contribution is -0.112. The van der Waals surface area contributed by atoms with Crippen LogP contribution in [0.15, 0.2) is 63.7 Å². The van der Waals surface area contributed by atoms with Gasteiger partial charge < -0.3 is 15.5 Å². The minimum Gasteiger partial charge on any atom is -0.463 e. The van der Waals surface area contributed by atoms with Crippen LogP contribution in [0.3, 0.4) is 0 Å². The highest BCUT2D eigenvalue weighted by molar-refractivity contribution is 8.01. The number of furan rings is 1. The molecular weight excluding hydrogens is 374 g/mol. The molecule has 3 rings (SSSR count). The van der Waals surface area contributed by atoms with Gasteiger partial charge in [0.15, 0.2) is 5.76 Å². The second-order valence-corrected chi connectivity index (χ2v) is 6.32. The molecule has 0 fully saturated rings. The maximum Gasteiger partial charge on any atom is 0.265 e. The summed E-state index contributed by atoms with van der Waals surface area (Å²) in [5, 5.41) is 12.7. The predicted octanol–water partition coefficient (Wildman–Crippen LogP) is 4.11. The Bertz CT molecular complexity index is 940. The van der Waals surface area contributed by atoms with E-state index in [1.54, 1.807) is 17.9 Å². The highest BCUT2D eigenvalue weighted by Crippen LogP contribution is 2.27. The summed E-state index contributed by atoms with van der Waals surface area (Å²) in [7, 11) is 1.87. The van der Waals surface area contributed by atoms with Crippen molar-refractivity contribution >= 4 is 23.5 Å². The van der Waals surface area contributed by atoms with Gasteiger partial charge in [-0.3, -0.25) is 14.6 Å². The van der Waals surface area contributed by atoms with E-state index in [9.17, 15) is 4.79 Å². The summed E-state index contributed by atoms with van der Waals surface area (Å²) in [4.78, 5) is 12.4. The largest absolute Gasteiger partial charge is 0.463 e. The van der Waals surface area contributed by atoms with Crippen LogP contribution in [0.2, 0.25) is 0 Å². The number of anilines is 1. The zero-order valence-electron chi connectivity index (χ0n) is 16.4. The SMILES string of the molecule is C/C(N)=C(/SN)C(=O)Nc1ccc(-c2cc(-c3ccco3)nn2C)cc1.CC. The minimum absolute atomic E-state index is 0.295. The summed E-state index contributed by atoms with van der Waals surface area (Å²) in [6.45, 7) is 5.64. The normalized spacial score (nSPS) is 11.3. The van der Waals surface area contributed by atoms with E-state index in [2.05, 4.69) is 10.4 Å². The van der Waals surface area contributed by atoms with Crippen molar-refractivity contribution in [2.75, 3.05) is 5.32 Å². The molecule has 7 nitrogen and oxygen atoms in total. The van der Waals surface area contributed by atoms with Crippen LogP contribution in [0.5, 0.6) is 0 Å². The topological polar surface area (TPSA) is 112 Å². The summed E-state index contributed by atoms with van der Waals surface area (Å²) in [6.07, 6.45) is 1.62. The van der Waals surface area contributed by atoms with E-state index >= 15 is 0 Å². The summed E-state index contributed by atoms with van der Waals surface area (Å²) in [5.41, 5.74) is 9.36. The molecule has 1 aromatic carbocycles. The first-order chi connectivity index (χ1) is 13.5. The molecule has 148 valence electrons. The molecule has 2 heterocycles. The van der Waals surface area contributed by atoms with Crippen molar-refractivity contribution in [1.29, 1.82) is 0 Å². The quantitative estimate of drug-likeness (QED) is 0.440. The number of hydrogen-bond donors (Lipinski definition) is 3. The lowest BCUT2D eigenvalue weighted by atomic mass is 10.1. The number of aromatic nitrogens is 2. The van der Waals surface area contributed by atoms with Crippen LogP contribution in [0.1, 0.15) is 20.8 Å². The molecule has 0 bridgehead atoms. The molecule has 8 heteroatoms. The number of allylic oxidation sites excluding steroid dienone is 1. The van der Waals surface area contributed by atoms with E-state index in [1.807, 2.05) is 63.4 Å². The van der Waals surface area contributed by atoms with Crippen LogP contribution in [0.25, 0.3) is 22.7 Å². The van der Waals surface area contributed by atoms with Crippen molar-refractivity contribution in [2.45, 2.75) is 20.8 Å². The van der Waals surface area contributed by atoms with Crippen LogP contribution in [-0.2, 0) is 11.8 Å². The van der Waals surface area contributed by atoms with Crippen molar-refractivity contribution in [2.24, 2.45) is 17.9 Å². The van der Waals surface area contributed by atoms with E-state index in [1.165, 1.54) is 0 Å². The molecule has 0 atom stereocenters. The zero-order chi connectivity index (χ0) is 20.7. The zero-order valence-corrected chi connectivity index (χ0v) is 17.2. The fourth-order valence-corrected chi connectivity index (χ4v) is 2.86. The van der Waals surface area contributed by atoms with E-state index in [-0.39, 0.29) is 5.91 Å². The Morgan fingerprint density at radius 3 is 2.43 bits per heavy atom. The third kappa shape index (κ3) is 4.85. The van der Waals surface area contributed by atoms with Crippen molar-refractivity contribution in [3.8, 4) is 22.7 Å². The Kier molecular flexibility index (Phi) is 7.48. The van der Waals surface area contributed by atoms with Gasteiger partial charge in [0.25, 0.3) is 5.91 Å². The third-order valence-corrected chi connectivity index (χ3v) is 4.52. The Balaban J connectivity index is 0.00000136. The molecular formula is C20H25N5O2S. The fraction of sp³-hybridized carbons (Fsp3) is 0.200. The smallest absolute Gasteiger partial charge is 0.265 e. The van der Waals surface area contributed by atoms with Crippen molar-refractivity contribution in [3.63, 3.8) is 0 Å². The summed E-state index contributed by atoms with van der Waals surface area (Å²) in [6, 6.07) is 13.1. The summed E-state index contributed by atoms with van der Waals surface area (Å²) in [5.74, 6) is 0.386. The van der Waals surface area contributed by atoms with Crippen LogP contribution in [0.4, 0.5) is 5.69 Å². The van der Waals surface area contributed by atoms with Gasteiger partial charge in [0.05, 0.1) is 12.0 Å². The van der Waals surface area contributed by atoms with Crippen LogP contribution >= 0.6 is 11.9 Å². The number of nitrogens with one attached hydrogen (secondary N) is 1. The molecule has 1 amide bonds. The minimum atomic E-state index is -0.328. The number of amides is 1. The molecule has 0 saturated carbocycles. The van der Waals surface area contributed by atoms with Crippen LogP contribution < -0.4 is 16.2 Å². The Morgan fingerprint density at radius 1 is 1.21 bits per heavy atom. The van der Waals surface area contributed by atoms with Gasteiger partial charge in [0.1, 0.15) is 10.6 Å². The first-order valence-corrected chi connectivity index (χ1v) is 9.70. The summed E-state index contributed by atoms with van der Waals surface area (Å²) >= 11 is 0.831. The van der Waals surface area contributed by atoms with Gasteiger partial charge in [0, 0.05) is 18.4 Å². The van der Waals surface area contributed by atoms with E-state index < -0.39 is 0 Å². The van der Waals surface area contributed by atoms with Gasteiger partial charge in [-0.05, 0) is 54.8 Å². The first kappa shape index (κ1) is 21.3. The molecule has 0 radical (unpaired) electrons. The number of nitrogens with zero attached hydrogens (tertiary/aromatic N) is 2. The van der Waals surface area contributed by atoms with E-state index in [0.29, 0.717) is 22.0 Å². The van der Waals surface area contributed by atoms with Gasteiger partial charge in [-0.15, -0.1) is 0 Å². The van der Waals surface area contributed by atoms with Gasteiger partial charge >= 0.3 is 0 Å². The molecule has 0 unspecified atom stereocenters. The fourth-order valence-electron chi connectivity index (χ4n) is 2.52. The highest BCUT2D eigenvalue weighted by Gasteiger charge is 2.13. The molecule has 3 aromatic rings. The maximum atomic E-state index is 12.2. The Hall–Kier alpha value is -2.97. The number of aryl methyl sites for hydroxylation is 1. The predicted molar refractivity (Wildman–Crippen MR) is 115 cm³/mol. The molecule has 5 N–H and O–H groups in total. The lowest BCUT2D eigenvalue weighted by Crippen LogP contribution is -2.17. The van der Waals surface area contributed by atoms with Gasteiger partial charge in [-0.1, -0.05) is 26.0 Å². The highest BCUT2D eigenvalue weighted by atomic mass is 32.2. The molecule has 28 heavy (non-hydrogen) atoms. The molecule has 0 spiro atoms. The number of rotatable bonds is 5. The van der Waals surface area contributed by atoms with Crippen molar-refractivity contribution in [1.82, 2.24) is 9.78 Å². The number of hydrogen-bond acceptors (Lipinski definition) is 6. The number of carbonyl (C=O) groups is 1. The molecule has 0 aliphatic carbocycles. The van der Waals surface area contributed by atoms with Crippen molar-refractivity contribution in [3.05, 3.63) is 59.3 Å². The number of benzene rings is 1. The Morgan fingerprint density at radius 2 is 1.89 bits per heavy atom. The molecule has 0 aliphatic heterocycles. The summed E-state index contributed by atoms with van der Waals surface area (Å²) < 4.78 is 7.18. The van der Waals surface area contributed by atoms with Crippen LogP contribution in [0, 0.1) is 0 Å². The average molecular weight is 400 g/mol. The van der Waals surface area contributed by atoms with Gasteiger partial charge in [-0.25, -0.2) is 0 Å². The average Bonchev–Trinajstić information content (AvgIpc) is 3.34. The monoisotopic (exact) mass is 399 g/mol. The second kappa shape index (κ2) is 9.82. The van der Waals surface area contributed by atoms with Gasteiger partial charge in [0.2, 0.25) is 0 Å². The third-order valence-electron chi connectivity index (χ3n) is 3.77. The van der Waals surface area contributed by atoms with E-state index in [4.69, 9.17) is 15.3 Å². The number of carbonyl (C=O) groups excluding carboxylic acids is 1. The van der Waals surface area contributed by atoms with Gasteiger partial charge in [-0.2, -0.15) is 5.10 Å². The van der Waals surface area contributed by atoms with Crippen LogP contribution in [-0.4, -0.2) is 15.7 Å². The first-order valence-electron chi connectivity index (χ1n) is 8.82. The van der Waals surface area contributed by atoms with E-state index in [0.717, 1.165) is 28.9 Å². The van der Waals surface area contributed by atoms with Crippen molar-refractivity contribution < 1.29 is 9.21 Å². The molecule has 0 saturated heterocycles. The molecule has 2 aromatic heterocycles. The number of nitrogens with two attached hydrogens (primary N) is 2. The standard InChI is InChI=1S/C18H19N5O2S.C2H6/c1-11(19)17(26-20)18(24)21-13-7-5-12(6-8-13)15-10-14(22-23(15)2)16-4-3-9-25-16;1-2/h3-10H,19-20H2,1-2H3,(H,21,24);1-2H3/b17-11-;.